The van der Waals surface area contributed by atoms with E-state index in [1.807, 2.05) is 18.2 Å². The standard InChI is InChI=1S/C16H13N5O4/c22-12(17-5-9-6-18-16(24)20-9)7-21-8-19-13-10-3-1-2-4-11(10)25-14(13)15(21)23/h1-4,6,8H,5,7H2,(H,17,22)(H2,18,20,24). The molecule has 9 heteroatoms. The molecule has 3 heterocycles. The Morgan fingerprint density at radius 2 is 2.12 bits per heavy atom. The zero-order valence-corrected chi connectivity index (χ0v) is 12.9. The quantitative estimate of drug-likeness (QED) is 0.498. The molecule has 0 spiro atoms. The molecule has 0 aliphatic heterocycles. The maximum Gasteiger partial charge on any atom is 0.323 e. The summed E-state index contributed by atoms with van der Waals surface area (Å²) in [6.07, 6.45) is 2.79. The molecule has 0 fully saturated rings. The Kier molecular flexibility index (Phi) is 3.46. The minimum atomic E-state index is -0.425. The number of carbonyl (C=O) groups excluding carboxylic acids is 1. The summed E-state index contributed by atoms with van der Waals surface area (Å²) < 4.78 is 6.75. The molecule has 0 saturated carbocycles. The number of aromatic nitrogens is 4. The molecule has 9 nitrogen and oxygen atoms in total. The van der Waals surface area contributed by atoms with Crippen molar-refractivity contribution in [3.8, 4) is 0 Å². The third-order valence-electron chi connectivity index (χ3n) is 3.79. The molecular formula is C16H13N5O4. The van der Waals surface area contributed by atoms with E-state index in [1.54, 1.807) is 6.07 Å². The lowest BCUT2D eigenvalue weighted by molar-refractivity contribution is -0.121. The topological polar surface area (TPSA) is 126 Å². The van der Waals surface area contributed by atoms with Crippen molar-refractivity contribution in [2.75, 3.05) is 0 Å². The van der Waals surface area contributed by atoms with Crippen LogP contribution < -0.4 is 16.6 Å². The van der Waals surface area contributed by atoms with E-state index in [0.717, 1.165) is 5.39 Å². The number of nitrogens with one attached hydrogen (secondary N) is 3. The van der Waals surface area contributed by atoms with Crippen molar-refractivity contribution in [3.05, 3.63) is 63.3 Å². The first kappa shape index (κ1) is 14.9. The highest BCUT2D eigenvalue weighted by atomic mass is 16.3. The highest BCUT2D eigenvalue weighted by molar-refractivity contribution is 6.01. The average molecular weight is 339 g/mol. The van der Waals surface area contributed by atoms with E-state index in [9.17, 15) is 14.4 Å². The summed E-state index contributed by atoms with van der Waals surface area (Å²) in [5.41, 5.74) is 0.928. The summed E-state index contributed by atoms with van der Waals surface area (Å²) in [4.78, 5) is 44.7. The molecule has 4 aromatic rings. The number of carbonyl (C=O) groups is 1. The number of hydrogen-bond donors (Lipinski definition) is 3. The number of nitrogens with zero attached hydrogens (tertiary/aromatic N) is 2. The second-order valence-electron chi connectivity index (χ2n) is 5.50. The van der Waals surface area contributed by atoms with Gasteiger partial charge in [-0.15, -0.1) is 0 Å². The average Bonchev–Trinajstić information content (AvgIpc) is 3.19. The van der Waals surface area contributed by atoms with Gasteiger partial charge in [0.1, 0.15) is 17.6 Å². The number of hydrogen-bond acceptors (Lipinski definition) is 5. The van der Waals surface area contributed by atoms with E-state index in [4.69, 9.17) is 4.42 Å². The summed E-state index contributed by atoms with van der Waals surface area (Å²) in [6.45, 7) is -0.0554. The zero-order valence-electron chi connectivity index (χ0n) is 12.9. The van der Waals surface area contributed by atoms with Gasteiger partial charge in [0, 0.05) is 11.6 Å². The van der Waals surface area contributed by atoms with E-state index in [-0.39, 0.29) is 30.3 Å². The fourth-order valence-corrected chi connectivity index (χ4v) is 2.60. The predicted octanol–water partition coefficient (Wildman–Crippen LogP) is 0.475. The lowest BCUT2D eigenvalue weighted by Crippen LogP contribution is -2.32. The zero-order chi connectivity index (χ0) is 17.4. The summed E-state index contributed by atoms with van der Waals surface area (Å²) in [5, 5.41) is 3.37. The van der Waals surface area contributed by atoms with Crippen molar-refractivity contribution in [3.63, 3.8) is 0 Å². The van der Waals surface area contributed by atoms with Gasteiger partial charge in [0.25, 0.3) is 5.56 Å². The summed E-state index contributed by atoms with van der Waals surface area (Å²) in [7, 11) is 0. The van der Waals surface area contributed by atoms with Gasteiger partial charge in [0.15, 0.2) is 0 Å². The first-order valence-corrected chi connectivity index (χ1v) is 7.52. The van der Waals surface area contributed by atoms with Gasteiger partial charge >= 0.3 is 5.69 Å². The number of rotatable bonds is 4. The van der Waals surface area contributed by atoms with Crippen molar-refractivity contribution in [2.45, 2.75) is 13.1 Å². The van der Waals surface area contributed by atoms with Gasteiger partial charge in [0.2, 0.25) is 11.5 Å². The number of aromatic amines is 2. The van der Waals surface area contributed by atoms with Gasteiger partial charge in [0.05, 0.1) is 18.6 Å². The first-order valence-electron chi connectivity index (χ1n) is 7.52. The molecule has 0 atom stereocenters. The van der Waals surface area contributed by atoms with Crippen molar-refractivity contribution >= 4 is 28.0 Å². The Morgan fingerprint density at radius 1 is 1.28 bits per heavy atom. The maximum absolute atomic E-state index is 12.5. The van der Waals surface area contributed by atoms with E-state index in [0.29, 0.717) is 16.8 Å². The second kappa shape index (κ2) is 5.78. The van der Waals surface area contributed by atoms with Crippen LogP contribution in [0.5, 0.6) is 0 Å². The van der Waals surface area contributed by atoms with E-state index < -0.39 is 5.56 Å². The lowest BCUT2D eigenvalue weighted by Gasteiger charge is -2.05. The normalized spacial score (nSPS) is 11.2. The summed E-state index contributed by atoms with van der Waals surface area (Å²) in [5.74, 6) is -0.388. The Balaban J connectivity index is 1.57. The van der Waals surface area contributed by atoms with Crippen molar-refractivity contribution in [2.24, 2.45) is 0 Å². The smallest absolute Gasteiger partial charge is 0.323 e. The highest BCUT2D eigenvalue weighted by Crippen LogP contribution is 2.23. The first-order chi connectivity index (χ1) is 12.1. The van der Waals surface area contributed by atoms with Gasteiger partial charge in [-0.3, -0.25) is 14.2 Å². The van der Waals surface area contributed by atoms with Crippen LogP contribution in [-0.2, 0) is 17.9 Å². The third-order valence-corrected chi connectivity index (χ3v) is 3.79. The molecule has 0 aliphatic carbocycles. The number of benzene rings is 1. The van der Waals surface area contributed by atoms with Gasteiger partial charge in [-0.05, 0) is 12.1 Å². The number of imidazole rings is 1. The molecular weight excluding hydrogens is 326 g/mol. The molecule has 0 unspecified atom stereocenters. The minimum Gasteiger partial charge on any atom is -0.448 e. The van der Waals surface area contributed by atoms with E-state index >= 15 is 0 Å². The molecule has 0 aliphatic rings. The van der Waals surface area contributed by atoms with Crippen LogP contribution in [0.25, 0.3) is 22.1 Å². The van der Waals surface area contributed by atoms with Crippen LogP contribution in [-0.4, -0.2) is 25.4 Å². The summed E-state index contributed by atoms with van der Waals surface area (Å²) >= 11 is 0. The SMILES string of the molecule is O=C(Cn1cnc2c(oc3ccccc32)c1=O)NCc1c[nH]c(=O)[nH]1. The molecule has 3 aromatic heterocycles. The van der Waals surface area contributed by atoms with Crippen LogP contribution in [0, 0.1) is 0 Å². The molecule has 1 aromatic carbocycles. The molecule has 4 rings (SSSR count). The molecule has 1 amide bonds. The van der Waals surface area contributed by atoms with E-state index in [2.05, 4.69) is 20.3 Å². The van der Waals surface area contributed by atoms with Gasteiger partial charge < -0.3 is 19.7 Å². The van der Waals surface area contributed by atoms with Crippen LogP contribution in [0.1, 0.15) is 5.69 Å². The number of para-hydroxylation sites is 1. The molecule has 0 radical (unpaired) electrons. The monoisotopic (exact) mass is 339 g/mol. The van der Waals surface area contributed by atoms with Gasteiger partial charge in [-0.1, -0.05) is 12.1 Å². The summed E-state index contributed by atoms with van der Waals surface area (Å²) in [6, 6.07) is 7.22. The highest BCUT2D eigenvalue weighted by Gasteiger charge is 2.14. The Labute approximate surface area is 139 Å². The third kappa shape index (κ3) is 2.71. The maximum atomic E-state index is 12.5. The molecule has 25 heavy (non-hydrogen) atoms. The molecule has 126 valence electrons. The molecule has 3 N–H and O–H groups in total. The van der Waals surface area contributed by atoms with Crippen molar-refractivity contribution in [1.82, 2.24) is 24.8 Å². The molecule has 0 bridgehead atoms. The number of furan rings is 1. The number of fused-ring (bicyclic) bond motifs is 3. The number of H-pyrrole nitrogens is 2. The molecule has 0 saturated heterocycles. The van der Waals surface area contributed by atoms with Crippen LogP contribution in [0.2, 0.25) is 0 Å². The lowest BCUT2D eigenvalue weighted by atomic mass is 10.2. The van der Waals surface area contributed by atoms with Crippen LogP contribution in [0.4, 0.5) is 0 Å². The Hall–Kier alpha value is -3.62. The Morgan fingerprint density at radius 3 is 2.92 bits per heavy atom. The van der Waals surface area contributed by atoms with Crippen molar-refractivity contribution < 1.29 is 9.21 Å². The Bertz CT molecular complexity index is 1200. The van der Waals surface area contributed by atoms with Crippen molar-refractivity contribution in [1.29, 1.82) is 0 Å². The van der Waals surface area contributed by atoms with Crippen LogP contribution >= 0.6 is 0 Å². The predicted molar refractivity (Wildman–Crippen MR) is 89.0 cm³/mol. The van der Waals surface area contributed by atoms with Crippen LogP contribution in [0.3, 0.4) is 0 Å². The van der Waals surface area contributed by atoms with E-state index in [1.165, 1.54) is 17.1 Å². The largest absolute Gasteiger partial charge is 0.448 e. The minimum absolute atomic E-state index is 0.117. The fraction of sp³-hybridized carbons (Fsp3) is 0.125. The fourth-order valence-electron chi connectivity index (χ4n) is 2.60. The second-order valence-corrected chi connectivity index (χ2v) is 5.50. The van der Waals surface area contributed by atoms with Gasteiger partial charge in [-0.25, -0.2) is 9.78 Å². The van der Waals surface area contributed by atoms with Crippen LogP contribution in [0.15, 0.2) is 50.8 Å². The number of amides is 1. The van der Waals surface area contributed by atoms with Gasteiger partial charge in [-0.2, -0.15) is 0 Å².